The van der Waals surface area contributed by atoms with Crippen LogP contribution in [-0.4, -0.2) is 9.97 Å². The number of hydrogen-bond donors (Lipinski definition) is 0. The van der Waals surface area contributed by atoms with Crippen LogP contribution in [-0.2, 0) is 0 Å². The molecule has 0 spiro atoms. The van der Waals surface area contributed by atoms with Gasteiger partial charge in [0.25, 0.3) is 0 Å². The fourth-order valence-corrected chi connectivity index (χ4v) is 2.55. The Morgan fingerprint density at radius 1 is 1.11 bits per heavy atom. The summed E-state index contributed by atoms with van der Waals surface area (Å²) in [7, 11) is 0. The Labute approximate surface area is 122 Å². The van der Waals surface area contributed by atoms with Gasteiger partial charge in [0.05, 0.1) is 10.2 Å². The molecule has 1 fully saturated rings. The van der Waals surface area contributed by atoms with Crippen molar-refractivity contribution >= 4 is 27.5 Å². The van der Waals surface area contributed by atoms with Crippen molar-refractivity contribution in [1.29, 1.82) is 0 Å². The van der Waals surface area contributed by atoms with Crippen molar-refractivity contribution in [3.63, 3.8) is 0 Å². The summed E-state index contributed by atoms with van der Waals surface area (Å²) in [5.41, 5.74) is 1.09. The Kier molecular flexibility index (Phi) is 3.27. The van der Waals surface area contributed by atoms with Gasteiger partial charge in [0.2, 0.25) is 0 Å². The normalized spacial score (nSPS) is 14.7. The Hall–Kier alpha value is -1.07. The number of hydrogen-bond acceptors (Lipinski definition) is 2. The third-order valence-electron chi connectivity index (χ3n) is 2.92. The summed E-state index contributed by atoms with van der Waals surface area (Å²) in [4.78, 5) is 8.44. The zero-order valence-corrected chi connectivity index (χ0v) is 12.0. The van der Waals surface area contributed by atoms with E-state index in [1.807, 2.05) is 0 Å². The largest absolute Gasteiger partial charge is 0.231 e. The van der Waals surface area contributed by atoms with Crippen LogP contribution >= 0.6 is 27.5 Å². The van der Waals surface area contributed by atoms with Crippen molar-refractivity contribution in [2.75, 3.05) is 0 Å². The first kappa shape index (κ1) is 12.9. The highest BCUT2D eigenvalue weighted by atomic mass is 79.9. The van der Waals surface area contributed by atoms with Gasteiger partial charge in [0, 0.05) is 17.5 Å². The fraction of sp³-hybridized carbons (Fsp3) is 0.231. The Morgan fingerprint density at radius 2 is 1.74 bits per heavy atom. The maximum absolute atomic E-state index is 13.2. The highest BCUT2D eigenvalue weighted by Crippen LogP contribution is 2.44. The summed E-state index contributed by atoms with van der Waals surface area (Å²) in [5.74, 6) is -0.725. The quantitative estimate of drug-likeness (QED) is 0.736. The van der Waals surface area contributed by atoms with E-state index in [9.17, 15) is 8.78 Å². The first-order valence-electron chi connectivity index (χ1n) is 5.74. The van der Waals surface area contributed by atoms with Crippen LogP contribution in [0.5, 0.6) is 0 Å². The van der Waals surface area contributed by atoms with E-state index in [1.54, 1.807) is 0 Å². The molecule has 0 radical (unpaired) electrons. The first-order valence-corrected chi connectivity index (χ1v) is 6.91. The summed E-state index contributed by atoms with van der Waals surface area (Å²) in [6.45, 7) is 0. The zero-order chi connectivity index (χ0) is 13.6. The average molecular weight is 346 g/mol. The fourth-order valence-electron chi connectivity index (χ4n) is 1.88. The summed E-state index contributed by atoms with van der Waals surface area (Å²) >= 11 is 9.39. The summed E-state index contributed by atoms with van der Waals surface area (Å²) < 4.78 is 27.1. The molecule has 0 aliphatic heterocycles. The average Bonchev–Trinajstić information content (AvgIpc) is 3.15. The third-order valence-corrected chi connectivity index (χ3v) is 4.20. The van der Waals surface area contributed by atoms with E-state index in [0.29, 0.717) is 10.4 Å². The van der Waals surface area contributed by atoms with Crippen LogP contribution in [0, 0.1) is 11.6 Å². The summed E-state index contributed by atoms with van der Waals surface area (Å²) in [6, 6.07) is 3.20. The molecule has 1 heterocycles. The molecule has 19 heavy (non-hydrogen) atoms. The van der Waals surface area contributed by atoms with Gasteiger partial charge in [0.1, 0.15) is 16.8 Å². The Morgan fingerprint density at radius 3 is 2.32 bits per heavy atom. The molecule has 3 rings (SSSR count). The molecule has 98 valence electrons. The Bertz CT molecular complexity index is 639. The maximum atomic E-state index is 13.2. The highest BCUT2D eigenvalue weighted by molar-refractivity contribution is 9.10. The maximum Gasteiger partial charge on any atom is 0.161 e. The Balaban J connectivity index is 2.14. The predicted molar refractivity (Wildman–Crippen MR) is 72.1 cm³/mol. The molecule has 0 N–H and O–H groups in total. The summed E-state index contributed by atoms with van der Waals surface area (Å²) in [5, 5.41) is 0.261. The number of rotatable bonds is 2. The van der Waals surface area contributed by atoms with E-state index in [4.69, 9.17) is 11.6 Å². The molecular formula is C13H8BrClF2N2. The molecule has 0 bridgehead atoms. The monoisotopic (exact) mass is 344 g/mol. The van der Waals surface area contributed by atoms with Gasteiger partial charge < -0.3 is 0 Å². The number of benzene rings is 1. The highest BCUT2D eigenvalue weighted by Gasteiger charge is 2.29. The van der Waals surface area contributed by atoms with Gasteiger partial charge >= 0.3 is 0 Å². The molecular weight excluding hydrogens is 338 g/mol. The van der Waals surface area contributed by atoms with Crippen molar-refractivity contribution in [3.05, 3.63) is 45.2 Å². The number of aromatic nitrogens is 2. The lowest BCUT2D eigenvalue weighted by molar-refractivity contribution is 0.584. The van der Waals surface area contributed by atoms with Crippen LogP contribution in [0.25, 0.3) is 11.4 Å². The van der Waals surface area contributed by atoms with Gasteiger partial charge in [-0.25, -0.2) is 18.7 Å². The lowest BCUT2D eigenvalue weighted by Crippen LogP contribution is -1.98. The standard InChI is InChI=1S/C13H8BrClF2N2/c14-10-11(6-1-2-6)18-13(19-12(10)15)7-3-8(16)5-9(17)4-7/h3-6H,1-2H2. The summed E-state index contributed by atoms with van der Waals surface area (Å²) in [6.07, 6.45) is 2.09. The molecule has 6 heteroatoms. The molecule has 1 aromatic carbocycles. The van der Waals surface area contributed by atoms with E-state index in [1.165, 1.54) is 12.1 Å². The third kappa shape index (κ3) is 2.62. The second-order valence-electron chi connectivity index (χ2n) is 4.47. The predicted octanol–water partition coefficient (Wildman–Crippen LogP) is 4.72. The molecule has 0 saturated heterocycles. The van der Waals surface area contributed by atoms with Crippen molar-refractivity contribution in [1.82, 2.24) is 9.97 Å². The molecule has 0 unspecified atom stereocenters. The van der Waals surface area contributed by atoms with Gasteiger partial charge in [0.15, 0.2) is 5.82 Å². The van der Waals surface area contributed by atoms with Crippen LogP contribution < -0.4 is 0 Å². The first-order chi connectivity index (χ1) is 9.04. The molecule has 1 saturated carbocycles. The van der Waals surface area contributed by atoms with Gasteiger partial charge in [-0.3, -0.25) is 0 Å². The molecule has 1 aliphatic rings. The van der Waals surface area contributed by atoms with Gasteiger partial charge in [-0.15, -0.1) is 0 Å². The van der Waals surface area contributed by atoms with Gasteiger partial charge in [-0.1, -0.05) is 11.6 Å². The van der Waals surface area contributed by atoms with Crippen LogP contribution in [0.2, 0.25) is 5.15 Å². The van der Waals surface area contributed by atoms with Gasteiger partial charge in [-0.05, 0) is 40.9 Å². The van der Waals surface area contributed by atoms with E-state index in [0.717, 1.165) is 24.6 Å². The van der Waals surface area contributed by atoms with Crippen LogP contribution in [0.15, 0.2) is 22.7 Å². The van der Waals surface area contributed by atoms with E-state index < -0.39 is 11.6 Å². The molecule has 1 aromatic heterocycles. The van der Waals surface area contributed by atoms with Crippen LogP contribution in [0.3, 0.4) is 0 Å². The minimum Gasteiger partial charge on any atom is -0.231 e. The zero-order valence-electron chi connectivity index (χ0n) is 9.63. The molecule has 0 atom stereocenters. The minimum absolute atomic E-state index is 0.244. The number of halogens is 4. The molecule has 2 nitrogen and oxygen atoms in total. The van der Waals surface area contributed by atoms with E-state index in [2.05, 4.69) is 25.9 Å². The minimum atomic E-state index is -0.661. The number of nitrogens with zero attached hydrogens (tertiary/aromatic N) is 2. The van der Waals surface area contributed by atoms with E-state index in [-0.39, 0.29) is 16.5 Å². The van der Waals surface area contributed by atoms with Crippen LogP contribution in [0.4, 0.5) is 8.78 Å². The lowest BCUT2D eigenvalue weighted by atomic mass is 10.2. The second kappa shape index (κ2) is 4.80. The smallest absolute Gasteiger partial charge is 0.161 e. The van der Waals surface area contributed by atoms with Crippen molar-refractivity contribution in [2.45, 2.75) is 18.8 Å². The second-order valence-corrected chi connectivity index (χ2v) is 5.62. The molecule has 1 aliphatic carbocycles. The topological polar surface area (TPSA) is 25.8 Å². The lowest BCUT2D eigenvalue weighted by Gasteiger charge is -2.07. The molecule has 2 aromatic rings. The van der Waals surface area contributed by atoms with Crippen molar-refractivity contribution < 1.29 is 8.78 Å². The SMILES string of the molecule is Fc1cc(F)cc(-c2nc(Cl)c(Br)c(C3CC3)n2)c1. The van der Waals surface area contributed by atoms with E-state index >= 15 is 0 Å². The van der Waals surface area contributed by atoms with Crippen LogP contribution in [0.1, 0.15) is 24.5 Å². The van der Waals surface area contributed by atoms with Crippen molar-refractivity contribution in [2.24, 2.45) is 0 Å². The van der Waals surface area contributed by atoms with Gasteiger partial charge in [-0.2, -0.15) is 0 Å². The molecule has 0 amide bonds. The van der Waals surface area contributed by atoms with Crippen molar-refractivity contribution in [3.8, 4) is 11.4 Å².